The van der Waals surface area contributed by atoms with Crippen LogP contribution in [0.5, 0.6) is 0 Å². The van der Waals surface area contributed by atoms with Gasteiger partial charge in [-0.3, -0.25) is 0 Å². The van der Waals surface area contributed by atoms with Gasteiger partial charge in [0.1, 0.15) is 0 Å². The van der Waals surface area contributed by atoms with Crippen LogP contribution in [0.1, 0.15) is 6.42 Å². The molecule has 0 bridgehead atoms. The van der Waals surface area contributed by atoms with Gasteiger partial charge in [0, 0.05) is 34.3 Å². The van der Waals surface area contributed by atoms with Crippen LogP contribution in [0.3, 0.4) is 0 Å². The van der Waals surface area contributed by atoms with E-state index in [1.54, 1.807) is 11.9 Å². The maximum Gasteiger partial charge on any atom is 0.231 e. The molecule has 1 heterocycles. The first-order valence-corrected chi connectivity index (χ1v) is 5.13. The quantitative estimate of drug-likeness (QED) is 0.578. The van der Waals surface area contributed by atoms with Gasteiger partial charge in [-0.25, -0.2) is 0 Å². The van der Waals surface area contributed by atoms with Crippen LogP contribution in [-0.2, 0) is 0 Å². The fourth-order valence-corrected chi connectivity index (χ4v) is 1.03. The normalized spacial score (nSPS) is 10.0. The summed E-state index contributed by atoms with van der Waals surface area (Å²) in [6, 6.07) is 0. The zero-order chi connectivity index (χ0) is 12.0. The van der Waals surface area contributed by atoms with Crippen molar-refractivity contribution in [3.63, 3.8) is 0 Å². The van der Waals surface area contributed by atoms with Crippen molar-refractivity contribution in [1.82, 2.24) is 15.0 Å². The zero-order valence-corrected chi connectivity index (χ0v) is 9.86. The Morgan fingerprint density at radius 3 is 2.44 bits per heavy atom. The summed E-state index contributed by atoms with van der Waals surface area (Å²) in [5.41, 5.74) is 0. The van der Waals surface area contributed by atoms with Crippen molar-refractivity contribution < 1.29 is 5.11 Å². The van der Waals surface area contributed by atoms with Gasteiger partial charge in [0.25, 0.3) is 0 Å². The zero-order valence-electron chi connectivity index (χ0n) is 9.86. The van der Waals surface area contributed by atoms with Gasteiger partial charge in [-0.1, -0.05) is 0 Å². The summed E-state index contributed by atoms with van der Waals surface area (Å²) in [7, 11) is 5.49. The Bertz CT molecular complexity index is 330. The van der Waals surface area contributed by atoms with Crippen LogP contribution in [0, 0.1) is 0 Å². The van der Waals surface area contributed by atoms with Crippen LogP contribution in [-0.4, -0.2) is 54.4 Å². The van der Waals surface area contributed by atoms with Gasteiger partial charge in [0.2, 0.25) is 17.8 Å². The predicted molar refractivity (Wildman–Crippen MR) is 63.9 cm³/mol. The lowest BCUT2D eigenvalue weighted by atomic mass is 10.4. The van der Waals surface area contributed by atoms with Gasteiger partial charge in [-0.05, 0) is 6.42 Å². The molecule has 0 saturated carbocycles. The highest BCUT2D eigenvalue weighted by Gasteiger charge is 2.06. The molecule has 0 aliphatic carbocycles. The topological polar surface area (TPSA) is 86.2 Å². The number of rotatable bonds is 6. The Morgan fingerprint density at radius 2 is 1.88 bits per heavy atom. The number of aliphatic hydroxyl groups excluding tert-OH is 1. The lowest BCUT2D eigenvalue weighted by molar-refractivity contribution is 0.292. The van der Waals surface area contributed by atoms with E-state index < -0.39 is 0 Å². The second-order valence-electron chi connectivity index (χ2n) is 3.43. The number of hydrogen-bond donors (Lipinski definition) is 3. The van der Waals surface area contributed by atoms with E-state index in [4.69, 9.17) is 5.11 Å². The molecule has 0 saturated heterocycles. The summed E-state index contributed by atoms with van der Waals surface area (Å²) in [5, 5.41) is 14.6. The van der Waals surface area contributed by atoms with E-state index in [-0.39, 0.29) is 6.61 Å². The van der Waals surface area contributed by atoms with Gasteiger partial charge >= 0.3 is 0 Å². The predicted octanol–water partition coefficient (Wildman–Crippen LogP) is -0.226. The maximum atomic E-state index is 8.67. The SMILES string of the molecule is CNc1nc(NCCCO)nc(N(C)C)n1. The molecule has 0 amide bonds. The van der Waals surface area contributed by atoms with E-state index in [9.17, 15) is 0 Å². The van der Waals surface area contributed by atoms with Crippen LogP contribution in [0.15, 0.2) is 0 Å². The van der Waals surface area contributed by atoms with Crippen molar-refractivity contribution in [2.24, 2.45) is 0 Å². The molecule has 16 heavy (non-hydrogen) atoms. The molecule has 0 spiro atoms. The minimum atomic E-state index is 0.150. The Hall–Kier alpha value is -1.63. The molecule has 0 unspecified atom stereocenters. The lowest BCUT2D eigenvalue weighted by Gasteiger charge is -2.12. The molecule has 7 nitrogen and oxygen atoms in total. The smallest absolute Gasteiger partial charge is 0.231 e. The molecule has 0 aromatic carbocycles. The number of nitrogens with one attached hydrogen (secondary N) is 2. The molecule has 0 radical (unpaired) electrons. The van der Waals surface area contributed by atoms with Crippen LogP contribution in [0.2, 0.25) is 0 Å². The van der Waals surface area contributed by atoms with E-state index in [0.717, 1.165) is 0 Å². The van der Waals surface area contributed by atoms with Gasteiger partial charge in [0.05, 0.1) is 0 Å². The standard InChI is InChI=1S/C9H18N6O/c1-10-7-12-8(11-5-4-6-16)14-9(13-7)15(2)3/h16H,4-6H2,1-3H3,(H2,10,11,12,13,14). The number of nitrogens with zero attached hydrogens (tertiary/aromatic N) is 4. The highest BCUT2D eigenvalue weighted by Crippen LogP contribution is 2.10. The van der Waals surface area contributed by atoms with Crippen LogP contribution in [0.25, 0.3) is 0 Å². The third-order valence-electron chi connectivity index (χ3n) is 1.87. The van der Waals surface area contributed by atoms with Gasteiger partial charge in [-0.2, -0.15) is 15.0 Å². The monoisotopic (exact) mass is 226 g/mol. The molecule has 0 atom stereocenters. The molecule has 1 rings (SSSR count). The summed E-state index contributed by atoms with van der Waals surface area (Å²) in [5.74, 6) is 1.62. The highest BCUT2D eigenvalue weighted by atomic mass is 16.3. The van der Waals surface area contributed by atoms with E-state index >= 15 is 0 Å². The van der Waals surface area contributed by atoms with Crippen molar-refractivity contribution in [1.29, 1.82) is 0 Å². The summed E-state index contributed by atoms with van der Waals surface area (Å²) in [6.07, 6.45) is 0.665. The van der Waals surface area contributed by atoms with E-state index in [1.165, 1.54) is 0 Å². The fraction of sp³-hybridized carbons (Fsp3) is 0.667. The number of anilines is 3. The van der Waals surface area contributed by atoms with Crippen molar-refractivity contribution >= 4 is 17.8 Å². The van der Waals surface area contributed by atoms with Crippen molar-refractivity contribution in [2.45, 2.75) is 6.42 Å². The van der Waals surface area contributed by atoms with Crippen molar-refractivity contribution in [3.8, 4) is 0 Å². The lowest BCUT2D eigenvalue weighted by Crippen LogP contribution is -2.17. The van der Waals surface area contributed by atoms with Crippen molar-refractivity contribution in [2.75, 3.05) is 49.8 Å². The Kier molecular flexibility index (Phi) is 4.71. The average Bonchev–Trinajstić information content (AvgIpc) is 2.29. The molecule has 1 aromatic heterocycles. The molecule has 0 fully saturated rings. The molecule has 90 valence electrons. The summed E-state index contributed by atoms with van der Waals surface area (Å²) < 4.78 is 0. The molecule has 1 aromatic rings. The molecule has 3 N–H and O–H groups in total. The Morgan fingerprint density at radius 1 is 1.19 bits per heavy atom. The second-order valence-corrected chi connectivity index (χ2v) is 3.43. The number of hydrogen-bond acceptors (Lipinski definition) is 7. The molecular formula is C9H18N6O. The molecule has 0 aliphatic rings. The number of aromatic nitrogens is 3. The third kappa shape index (κ3) is 3.50. The third-order valence-corrected chi connectivity index (χ3v) is 1.87. The first-order chi connectivity index (χ1) is 7.67. The summed E-state index contributed by atoms with van der Waals surface area (Å²) in [6.45, 7) is 0.786. The van der Waals surface area contributed by atoms with E-state index in [0.29, 0.717) is 30.8 Å². The first-order valence-electron chi connectivity index (χ1n) is 5.13. The Balaban J connectivity index is 2.78. The Labute approximate surface area is 94.9 Å². The van der Waals surface area contributed by atoms with Gasteiger partial charge in [0.15, 0.2) is 0 Å². The minimum Gasteiger partial charge on any atom is -0.396 e. The van der Waals surface area contributed by atoms with Gasteiger partial charge < -0.3 is 20.6 Å². The maximum absolute atomic E-state index is 8.67. The van der Waals surface area contributed by atoms with E-state index in [1.807, 2.05) is 14.1 Å². The fourth-order valence-electron chi connectivity index (χ4n) is 1.03. The largest absolute Gasteiger partial charge is 0.396 e. The van der Waals surface area contributed by atoms with E-state index in [2.05, 4.69) is 25.6 Å². The summed E-state index contributed by atoms with van der Waals surface area (Å²) >= 11 is 0. The van der Waals surface area contributed by atoms with Gasteiger partial charge in [-0.15, -0.1) is 0 Å². The minimum absolute atomic E-state index is 0.150. The highest BCUT2D eigenvalue weighted by molar-refractivity contribution is 5.42. The summed E-state index contributed by atoms with van der Waals surface area (Å²) in [4.78, 5) is 14.4. The second kappa shape index (κ2) is 6.06. The first kappa shape index (κ1) is 12.4. The van der Waals surface area contributed by atoms with Crippen LogP contribution < -0.4 is 15.5 Å². The van der Waals surface area contributed by atoms with Crippen molar-refractivity contribution in [3.05, 3.63) is 0 Å². The molecule has 0 aliphatic heterocycles. The average molecular weight is 226 g/mol. The van der Waals surface area contributed by atoms with Crippen LogP contribution >= 0.6 is 0 Å². The van der Waals surface area contributed by atoms with Crippen LogP contribution in [0.4, 0.5) is 17.8 Å². The molecule has 7 heteroatoms. The molecular weight excluding hydrogens is 208 g/mol. The number of aliphatic hydroxyl groups is 1.